The van der Waals surface area contributed by atoms with Crippen LogP contribution in [0.25, 0.3) is 0 Å². The fraction of sp³-hybridized carbons (Fsp3) is 0.385. The first-order valence-corrected chi connectivity index (χ1v) is 6.29. The third-order valence-corrected chi connectivity index (χ3v) is 3.25. The van der Waals surface area contributed by atoms with E-state index in [9.17, 15) is 9.59 Å². The molecule has 1 rings (SSSR count). The molecule has 0 aliphatic heterocycles. The van der Waals surface area contributed by atoms with Crippen LogP contribution in [-0.2, 0) is 20.7 Å². The molecule has 0 fully saturated rings. The van der Waals surface area contributed by atoms with E-state index in [1.165, 1.54) is 7.11 Å². The Kier molecular flexibility index (Phi) is 5.63. The van der Waals surface area contributed by atoms with Crippen LogP contribution in [0.5, 0.6) is 0 Å². The van der Waals surface area contributed by atoms with Gasteiger partial charge in [-0.3, -0.25) is 9.59 Å². The third kappa shape index (κ3) is 3.72. The average molecular weight is 289 g/mol. The molecule has 0 radical (unpaired) electrons. The maximum absolute atomic E-state index is 11.7. The highest BCUT2D eigenvalue weighted by molar-refractivity contribution is 6.35. The Bertz CT molecular complexity index is 442. The molecule has 1 aromatic rings. The monoisotopic (exact) mass is 288 g/mol. The van der Waals surface area contributed by atoms with Gasteiger partial charge in [-0.15, -0.1) is 0 Å². The summed E-state index contributed by atoms with van der Waals surface area (Å²) < 4.78 is 4.64. The molecule has 0 aromatic heterocycles. The number of benzene rings is 1. The molecule has 0 bridgehead atoms. The van der Waals surface area contributed by atoms with E-state index in [1.807, 2.05) is 0 Å². The molecule has 98 valence electrons. The first-order valence-electron chi connectivity index (χ1n) is 5.54. The van der Waals surface area contributed by atoms with Gasteiger partial charge in [-0.2, -0.15) is 0 Å². The van der Waals surface area contributed by atoms with Gasteiger partial charge >= 0.3 is 5.97 Å². The van der Waals surface area contributed by atoms with Crippen molar-refractivity contribution >= 4 is 35.0 Å². The van der Waals surface area contributed by atoms with Crippen LogP contribution in [0.15, 0.2) is 18.2 Å². The van der Waals surface area contributed by atoms with E-state index in [2.05, 4.69) is 4.74 Å². The van der Waals surface area contributed by atoms with Crippen LogP contribution < -0.4 is 0 Å². The summed E-state index contributed by atoms with van der Waals surface area (Å²) in [6.45, 7) is 1.71. The predicted molar refractivity (Wildman–Crippen MR) is 71.0 cm³/mol. The molecule has 3 nitrogen and oxygen atoms in total. The highest BCUT2D eigenvalue weighted by Crippen LogP contribution is 2.24. The van der Waals surface area contributed by atoms with E-state index in [-0.39, 0.29) is 18.6 Å². The van der Waals surface area contributed by atoms with Crippen LogP contribution in [0, 0.1) is 5.92 Å². The second kappa shape index (κ2) is 6.76. The van der Waals surface area contributed by atoms with Crippen molar-refractivity contribution in [2.45, 2.75) is 19.8 Å². The quantitative estimate of drug-likeness (QED) is 0.617. The highest BCUT2D eigenvalue weighted by Gasteiger charge is 2.27. The Hall–Kier alpha value is -1.06. The number of esters is 1. The summed E-state index contributed by atoms with van der Waals surface area (Å²) in [4.78, 5) is 23.3. The fourth-order valence-electron chi connectivity index (χ4n) is 1.62. The normalized spacial score (nSPS) is 12.0. The molecule has 18 heavy (non-hydrogen) atoms. The van der Waals surface area contributed by atoms with Gasteiger partial charge in [-0.05, 0) is 24.1 Å². The summed E-state index contributed by atoms with van der Waals surface area (Å²) >= 11 is 11.8. The van der Waals surface area contributed by atoms with Gasteiger partial charge in [0.1, 0.15) is 11.7 Å². The van der Waals surface area contributed by atoms with Gasteiger partial charge in [0.2, 0.25) is 0 Å². The van der Waals surface area contributed by atoms with Gasteiger partial charge in [0.15, 0.2) is 0 Å². The molecule has 0 N–H and O–H groups in total. The largest absolute Gasteiger partial charge is 0.468 e. The first-order chi connectivity index (χ1) is 8.49. The topological polar surface area (TPSA) is 43.4 Å². The molecule has 0 aliphatic carbocycles. The number of carbonyl (C=O) groups is 2. The van der Waals surface area contributed by atoms with Crippen molar-refractivity contribution in [1.82, 2.24) is 0 Å². The average Bonchev–Trinajstić information content (AvgIpc) is 2.36. The number of carbonyl (C=O) groups excluding carboxylic acids is 2. The van der Waals surface area contributed by atoms with Gasteiger partial charge in [0.25, 0.3) is 0 Å². The first kappa shape index (κ1) is 15.0. The molecule has 0 heterocycles. The Morgan fingerprint density at radius 1 is 1.33 bits per heavy atom. The number of Topliss-reactive ketones (excluding diaryl/α,β-unsaturated/α-hetero) is 1. The summed E-state index contributed by atoms with van der Waals surface area (Å²) in [5, 5.41) is 0.959. The Balaban J connectivity index is 2.96. The number of methoxy groups -OCH3 is 1. The molecule has 1 unspecified atom stereocenters. The van der Waals surface area contributed by atoms with Crippen molar-refractivity contribution in [3.63, 3.8) is 0 Å². The SMILES string of the molecule is CCC(=O)C(Cc1ccc(Cl)cc1Cl)C(=O)OC. The van der Waals surface area contributed by atoms with Crippen molar-refractivity contribution in [1.29, 1.82) is 0 Å². The zero-order valence-electron chi connectivity index (χ0n) is 10.2. The summed E-state index contributed by atoms with van der Waals surface area (Å²) in [6, 6.07) is 4.97. The minimum atomic E-state index is -0.807. The maximum Gasteiger partial charge on any atom is 0.316 e. The zero-order chi connectivity index (χ0) is 13.7. The standard InChI is InChI=1S/C13H14Cl2O3/c1-3-12(16)10(13(17)18-2)6-8-4-5-9(14)7-11(8)15/h4-5,7,10H,3,6H2,1-2H3. The summed E-state index contributed by atoms with van der Waals surface area (Å²) in [5.74, 6) is -1.50. The smallest absolute Gasteiger partial charge is 0.316 e. The van der Waals surface area contributed by atoms with Crippen LogP contribution in [-0.4, -0.2) is 18.9 Å². The highest BCUT2D eigenvalue weighted by atomic mass is 35.5. The number of hydrogen-bond acceptors (Lipinski definition) is 3. The molecular formula is C13H14Cl2O3. The molecule has 5 heteroatoms. The second-order valence-corrected chi connectivity index (χ2v) is 4.68. The van der Waals surface area contributed by atoms with E-state index in [0.29, 0.717) is 15.6 Å². The van der Waals surface area contributed by atoms with E-state index in [0.717, 1.165) is 0 Å². The molecule has 1 atom stereocenters. The zero-order valence-corrected chi connectivity index (χ0v) is 11.7. The lowest BCUT2D eigenvalue weighted by atomic mass is 9.94. The van der Waals surface area contributed by atoms with Gasteiger partial charge < -0.3 is 4.74 Å². The Morgan fingerprint density at radius 2 is 2.00 bits per heavy atom. The molecule has 0 aliphatic rings. The Labute approximate surface area is 116 Å². The molecular weight excluding hydrogens is 275 g/mol. The van der Waals surface area contributed by atoms with Crippen LogP contribution in [0.3, 0.4) is 0 Å². The van der Waals surface area contributed by atoms with E-state index in [1.54, 1.807) is 25.1 Å². The van der Waals surface area contributed by atoms with Crippen LogP contribution in [0.1, 0.15) is 18.9 Å². The van der Waals surface area contributed by atoms with E-state index >= 15 is 0 Å². The van der Waals surface area contributed by atoms with Gasteiger partial charge in [0, 0.05) is 16.5 Å². The molecule has 0 saturated heterocycles. The molecule has 0 spiro atoms. The number of halogens is 2. The molecule has 1 aromatic carbocycles. The van der Waals surface area contributed by atoms with Crippen molar-refractivity contribution in [3.8, 4) is 0 Å². The lowest BCUT2D eigenvalue weighted by Gasteiger charge is -2.13. The van der Waals surface area contributed by atoms with Gasteiger partial charge in [0.05, 0.1) is 7.11 Å². The van der Waals surface area contributed by atoms with Crippen molar-refractivity contribution < 1.29 is 14.3 Å². The Morgan fingerprint density at radius 3 is 2.50 bits per heavy atom. The molecule has 0 saturated carbocycles. The van der Waals surface area contributed by atoms with Crippen molar-refractivity contribution in [3.05, 3.63) is 33.8 Å². The van der Waals surface area contributed by atoms with E-state index < -0.39 is 11.9 Å². The molecule has 0 amide bonds. The van der Waals surface area contributed by atoms with Crippen LogP contribution in [0.2, 0.25) is 10.0 Å². The number of ketones is 1. The third-order valence-electron chi connectivity index (χ3n) is 2.66. The predicted octanol–water partition coefficient (Wildman–Crippen LogP) is 3.30. The minimum Gasteiger partial charge on any atom is -0.468 e. The van der Waals surface area contributed by atoms with Crippen molar-refractivity contribution in [2.24, 2.45) is 5.92 Å². The second-order valence-electron chi connectivity index (χ2n) is 3.84. The summed E-state index contributed by atoms with van der Waals surface area (Å²) in [5.41, 5.74) is 0.707. The number of ether oxygens (including phenoxy) is 1. The van der Waals surface area contributed by atoms with Gasteiger partial charge in [-0.1, -0.05) is 36.2 Å². The maximum atomic E-state index is 11.7. The van der Waals surface area contributed by atoms with Crippen LogP contribution >= 0.6 is 23.2 Å². The summed E-state index contributed by atoms with van der Waals surface area (Å²) in [6.07, 6.45) is 0.514. The fourth-order valence-corrected chi connectivity index (χ4v) is 2.11. The minimum absolute atomic E-state index is 0.159. The van der Waals surface area contributed by atoms with Crippen LogP contribution in [0.4, 0.5) is 0 Å². The number of rotatable bonds is 5. The lowest BCUT2D eigenvalue weighted by Crippen LogP contribution is -2.27. The number of hydrogen-bond donors (Lipinski definition) is 0. The van der Waals surface area contributed by atoms with Crippen molar-refractivity contribution in [2.75, 3.05) is 7.11 Å². The van der Waals surface area contributed by atoms with Gasteiger partial charge in [-0.25, -0.2) is 0 Å². The van der Waals surface area contributed by atoms with E-state index in [4.69, 9.17) is 23.2 Å². The summed E-state index contributed by atoms with van der Waals surface area (Å²) in [7, 11) is 1.27. The lowest BCUT2D eigenvalue weighted by molar-refractivity contribution is -0.149.